The van der Waals surface area contributed by atoms with E-state index in [1.165, 1.54) is 5.56 Å². The molecule has 0 bridgehead atoms. The fraction of sp³-hybridized carbons (Fsp3) is 0.429. The number of nitrogens with zero attached hydrogens (tertiary/aromatic N) is 3. The van der Waals surface area contributed by atoms with E-state index in [-0.39, 0.29) is 6.04 Å². The lowest BCUT2D eigenvalue weighted by Crippen LogP contribution is -2.24. The first-order valence-electron chi connectivity index (χ1n) is 6.63. The molecule has 1 heterocycles. The number of rotatable bonds is 6. The molecule has 1 aromatic carbocycles. The van der Waals surface area contributed by atoms with Gasteiger partial charge in [-0.3, -0.25) is 4.68 Å². The number of hydrogen-bond donors (Lipinski definition) is 1. The number of aryl methyl sites for hydroxylation is 1. The Morgan fingerprint density at radius 3 is 2.85 bits per heavy atom. The first-order chi connectivity index (χ1) is 9.60. The average Bonchev–Trinajstić information content (AvgIpc) is 2.83. The van der Waals surface area contributed by atoms with Crippen LogP contribution in [0.25, 0.3) is 0 Å². The van der Waals surface area contributed by atoms with E-state index in [0.29, 0.717) is 0 Å². The molecule has 0 spiro atoms. The molecule has 1 aromatic heterocycles. The van der Waals surface area contributed by atoms with Gasteiger partial charge in [0.2, 0.25) is 0 Å². The predicted octanol–water partition coefficient (Wildman–Crippen LogP) is 3.36. The van der Waals surface area contributed by atoms with Crippen molar-refractivity contribution in [2.45, 2.75) is 25.8 Å². The Labute approximate surface area is 138 Å². The molecule has 6 heteroatoms. The summed E-state index contributed by atoms with van der Waals surface area (Å²) < 4.78 is 2.80. The fourth-order valence-electron chi connectivity index (χ4n) is 2.05. The van der Waals surface area contributed by atoms with E-state index in [0.717, 1.165) is 33.7 Å². The van der Waals surface area contributed by atoms with Crippen LogP contribution in [-0.2, 0) is 13.5 Å². The normalized spacial score (nSPS) is 12.6. The second kappa shape index (κ2) is 7.38. The van der Waals surface area contributed by atoms with Gasteiger partial charge in [-0.2, -0.15) is 0 Å². The summed E-state index contributed by atoms with van der Waals surface area (Å²) in [6.45, 7) is 3.13. The third-order valence-electron chi connectivity index (χ3n) is 3.05. The molecule has 0 saturated carbocycles. The number of nitrogens with one attached hydrogen (secondary N) is 1. The largest absolute Gasteiger partial charge is 0.310 e. The molecule has 0 aliphatic rings. The maximum atomic E-state index is 6.23. The van der Waals surface area contributed by atoms with Crippen LogP contribution in [0.4, 0.5) is 0 Å². The van der Waals surface area contributed by atoms with Crippen LogP contribution < -0.4 is 5.32 Å². The third-order valence-corrected chi connectivity index (χ3v) is 4.62. The highest BCUT2D eigenvalue weighted by Gasteiger charge is 2.14. The Morgan fingerprint density at radius 1 is 1.45 bits per heavy atom. The zero-order chi connectivity index (χ0) is 14.5. The molecular weight excluding hydrogens is 387 g/mol. The van der Waals surface area contributed by atoms with Crippen molar-refractivity contribution in [3.8, 4) is 0 Å². The highest BCUT2D eigenvalue weighted by Crippen LogP contribution is 2.25. The minimum absolute atomic E-state index is 0.209. The van der Waals surface area contributed by atoms with E-state index < -0.39 is 0 Å². The van der Waals surface area contributed by atoms with Crippen LogP contribution in [0.3, 0.4) is 0 Å². The van der Waals surface area contributed by atoms with Gasteiger partial charge in [-0.05, 0) is 53.3 Å². The quantitative estimate of drug-likeness (QED) is 0.751. The van der Waals surface area contributed by atoms with Crippen LogP contribution in [-0.4, -0.2) is 21.5 Å². The van der Waals surface area contributed by atoms with Gasteiger partial charge >= 0.3 is 0 Å². The van der Waals surface area contributed by atoms with Gasteiger partial charge in [0.1, 0.15) is 0 Å². The summed E-state index contributed by atoms with van der Waals surface area (Å²) in [5, 5.41) is 12.5. The Morgan fingerprint density at radius 2 is 2.25 bits per heavy atom. The molecule has 2 aromatic rings. The van der Waals surface area contributed by atoms with Crippen molar-refractivity contribution in [1.82, 2.24) is 20.3 Å². The fourth-order valence-corrected chi connectivity index (χ4v) is 2.58. The van der Waals surface area contributed by atoms with Crippen molar-refractivity contribution in [3.05, 3.63) is 44.2 Å². The van der Waals surface area contributed by atoms with E-state index in [1.54, 1.807) is 4.68 Å². The van der Waals surface area contributed by atoms with Gasteiger partial charge < -0.3 is 5.32 Å². The summed E-state index contributed by atoms with van der Waals surface area (Å²) in [6, 6.07) is 6.42. The molecule has 1 unspecified atom stereocenters. The monoisotopic (exact) mass is 404 g/mol. The van der Waals surface area contributed by atoms with Gasteiger partial charge in [-0.1, -0.05) is 29.8 Å². The first-order valence-corrected chi connectivity index (χ1v) is 8.09. The molecule has 0 amide bonds. The van der Waals surface area contributed by atoms with Crippen molar-refractivity contribution < 1.29 is 0 Å². The minimum atomic E-state index is 0.209. The molecule has 20 heavy (non-hydrogen) atoms. The second-order valence-corrected chi connectivity index (χ2v) is 6.34. The Balaban J connectivity index is 2.19. The van der Waals surface area contributed by atoms with E-state index in [9.17, 15) is 0 Å². The Hall–Kier alpha value is -0.660. The molecular formula is C14H18ClIN4. The number of benzene rings is 1. The molecule has 0 aliphatic heterocycles. The molecule has 0 radical (unpaired) electrons. The lowest BCUT2D eigenvalue weighted by molar-refractivity contribution is 0.524. The second-order valence-electron chi connectivity index (χ2n) is 4.77. The molecule has 2 rings (SSSR count). The minimum Gasteiger partial charge on any atom is -0.310 e. The number of aromatic nitrogens is 3. The summed E-state index contributed by atoms with van der Waals surface area (Å²) >= 11 is 8.47. The van der Waals surface area contributed by atoms with Crippen molar-refractivity contribution in [2.75, 3.05) is 6.54 Å². The highest BCUT2D eigenvalue weighted by atomic mass is 127. The summed E-state index contributed by atoms with van der Waals surface area (Å²) in [6.07, 6.45) is 3.86. The van der Waals surface area contributed by atoms with Crippen molar-refractivity contribution >= 4 is 34.2 Å². The SMILES string of the molecule is CCCNC(Cc1cn(C)nn1)c1ccc(I)c(Cl)c1. The van der Waals surface area contributed by atoms with Gasteiger partial charge in [0.05, 0.1) is 10.7 Å². The van der Waals surface area contributed by atoms with Gasteiger partial charge in [0.25, 0.3) is 0 Å². The molecule has 0 fully saturated rings. The topological polar surface area (TPSA) is 42.7 Å². The van der Waals surface area contributed by atoms with Crippen LogP contribution in [0.1, 0.15) is 30.6 Å². The van der Waals surface area contributed by atoms with Gasteiger partial charge in [-0.15, -0.1) is 5.10 Å². The predicted molar refractivity (Wildman–Crippen MR) is 89.9 cm³/mol. The van der Waals surface area contributed by atoms with Crippen LogP contribution >= 0.6 is 34.2 Å². The summed E-state index contributed by atoms with van der Waals surface area (Å²) in [5.41, 5.74) is 2.17. The number of hydrogen-bond acceptors (Lipinski definition) is 3. The lowest BCUT2D eigenvalue weighted by Gasteiger charge is -2.18. The Bertz CT molecular complexity index is 570. The van der Waals surface area contributed by atoms with Crippen LogP contribution in [0.2, 0.25) is 5.02 Å². The maximum absolute atomic E-state index is 6.23. The van der Waals surface area contributed by atoms with Gasteiger partial charge in [0, 0.05) is 29.3 Å². The molecule has 108 valence electrons. The highest BCUT2D eigenvalue weighted by molar-refractivity contribution is 14.1. The van der Waals surface area contributed by atoms with Crippen LogP contribution in [0, 0.1) is 3.57 Å². The molecule has 1 atom stereocenters. The molecule has 4 nitrogen and oxygen atoms in total. The first kappa shape index (κ1) is 15.7. The Kier molecular flexibility index (Phi) is 5.80. The van der Waals surface area contributed by atoms with Gasteiger partial charge in [0.15, 0.2) is 0 Å². The number of halogens is 2. The summed E-state index contributed by atoms with van der Waals surface area (Å²) in [5.74, 6) is 0. The average molecular weight is 405 g/mol. The smallest absolute Gasteiger partial charge is 0.0845 e. The maximum Gasteiger partial charge on any atom is 0.0845 e. The summed E-state index contributed by atoms with van der Waals surface area (Å²) in [7, 11) is 1.88. The van der Waals surface area contributed by atoms with Gasteiger partial charge in [-0.25, -0.2) is 0 Å². The standard InChI is InChI=1S/C14H18ClIN4/c1-3-6-17-14(8-11-9-20(2)19-18-11)10-4-5-13(16)12(15)7-10/h4-5,7,9,14,17H,3,6,8H2,1-2H3. The van der Waals surface area contributed by atoms with Crippen LogP contribution in [0.15, 0.2) is 24.4 Å². The lowest BCUT2D eigenvalue weighted by atomic mass is 10.0. The van der Waals surface area contributed by atoms with E-state index >= 15 is 0 Å². The summed E-state index contributed by atoms with van der Waals surface area (Å²) in [4.78, 5) is 0. The van der Waals surface area contributed by atoms with Crippen LogP contribution in [0.5, 0.6) is 0 Å². The van der Waals surface area contributed by atoms with E-state index in [2.05, 4.69) is 57.3 Å². The van der Waals surface area contributed by atoms with Crippen molar-refractivity contribution in [2.24, 2.45) is 7.05 Å². The molecule has 1 N–H and O–H groups in total. The van der Waals surface area contributed by atoms with Crippen molar-refractivity contribution in [3.63, 3.8) is 0 Å². The zero-order valence-corrected chi connectivity index (χ0v) is 14.5. The van der Waals surface area contributed by atoms with Crippen molar-refractivity contribution in [1.29, 1.82) is 0 Å². The van der Waals surface area contributed by atoms with E-state index in [4.69, 9.17) is 11.6 Å². The zero-order valence-electron chi connectivity index (χ0n) is 11.6. The molecule has 0 saturated heterocycles. The molecule has 0 aliphatic carbocycles. The third kappa shape index (κ3) is 4.17. The van der Waals surface area contributed by atoms with E-state index in [1.807, 2.05) is 19.3 Å².